The van der Waals surface area contributed by atoms with Crippen molar-refractivity contribution in [2.75, 3.05) is 6.54 Å². The average Bonchev–Trinajstić information content (AvgIpc) is 2.84. The third-order valence-corrected chi connectivity index (χ3v) is 3.67. The maximum atomic E-state index is 12.5. The zero-order valence-electron chi connectivity index (χ0n) is 11.7. The van der Waals surface area contributed by atoms with Gasteiger partial charge in [0.05, 0.1) is 17.8 Å². The van der Waals surface area contributed by atoms with Gasteiger partial charge in [0.2, 0.25) is 5.91 Å². The van der Waals surface area contributed by atoms with Crippen LogP contribution in [-0.2, 0) is 11.3 Å². The van der Waals surface area contributed by atoms with Crippen molar-refractivity contribution in [2.45, 2.75) is 44.7 Å². The molecule has 2 rings (SSSR count). The van der Waals surface area contributed by atoms with E-state index < -0.39 is 5.54 Å². The highest BCUT2D eigenvalue weighted by molar-refractivity contribution is 5.86. The summed E-state index contributed by atoms with van der Waals surface area (Å²) in [4.78, 5) is 18.6. The van der Waals surface area contributed by atoms with Crippen LogP contribution < -0.4 is 5.73 Å². The fraction of sp³-hybridized carbons (Fsp3) is 0.571. The maximum Gasteiger partial charge on any atom is 0.242 e. The molecule has 0 unspecified atom stereocenters. The molecular weight excluding hydrogens is 297 g/mol. The van der Waals surface area contributed by atoms with E-state index in [-0.39, 0.29) is 30.7 Å². The van der Waals surface area contributed by atoms with Gasteiger partial charge in [-0.05, 0) is 31.9 Å². The number of likely N-dealkylation sites (N-methyl/N-ethyl adjacent to an activating group) is 1. The minimum atomic E-state index is -0.634. The molecule has 0 radical (unpaired) electrons. The number of rotatable bonds is 4. The lowest BCUT2D eigenvalue weighted by atomic mass is 9.97. The van der Waals surface area contributed by atoms with Crippen molar-refractivity contribution in [2.24, 2.45) is 5.73 Å². The van der Waals surface area contributed by atoms with Crippen molar-refractivity contribution in [3.8, 4) is 0 Å². The number of amides is 1. The van der Waals surface area contributed by atoms with E-state index in [1.54, 1.807) is 6.20 Å². The lowest BCUT2D eigenvalue weighted by molar-refractivity contribution is -0.137. The molecule has 0 bridgehead atoms. The molecule has 114 valence electrons. The second-order valence-corrected chi connectivity index (χ2v) is 5.00. The Balaban J connectivity index is 0.00000180. The van der Waals surface area contributed by atoms with Crippen molar-refractivity contribution >= 4 is 30.7 Å². The molecule has 0 aromatic carbocycles. The molecule has 1 fully saturated rings. The summed E-state index contributed by atoms with van der Waals surface area (Å²) in [5.74, 6) is 0.0770. The average molecular weight is 320 g/mol. The molecule has 0 spiro atoms. The lowest BCUT2D eigenvalue weighted by Crippen LogP contribution is -2.53. The first kappa shape index (κ1) is 19.2. The van der Waals surface area contributed by atoms with Crippen molar-refractivity contribution in [1.82, 2.24) is 9.88 Å². The molecule has 6 heteroatoms. The Labute approximate surface area is 132 Å². The molecule has 1 saturated carbocycles. The van der Waals surface area contributed by atoms with E-state index >= 15 is 0 Å². The Kier molecular flexibility index (Phi) is 8.09. The fourth-order valence-corrected chi connectivity index (χ4v) is 2.55. The van der Waals surface area contributed by atoms with Crippen LogP contribution in [0.4, 0.5) is 0 Å². The van der Waals surface area contributed by atoms with Gasteiger partial charge in [-0.3, -0.25) is 9.78 Å². The summed E-state index contributed by atoms with van der Waals surface area (Å²) in [5.41, 5.74) is 6.50. The second kappa shape index (κ2) is 8.45. The highest BCUT2D eigenvalue weighted by atomic mass is 35.5. The monoisotopic (exact) mass is 319 g/mol. The predicted molar refractivity (Wildman–Crippen MR) is 85.2 cm³/mol. The Morgan fingerprint density at radius 2 is 2.00 bits per heavy atom. The summed E-state index contributed by atoms with van der Waals surface area (Å²) in [5, 5.41) is 0. The zero-order valence-corrected chi connectivity index (χ0v) is 13.4. The Morgan fingerprint density at radius 1 is 1.35 bits per heavy atom. The van der Waals surface area contributed by atoms with E-state index in [0.717, 1.165) is 31.4 Å². The predicted octanol–water partition coefficient (Wildman–Crippen LogP) is 2.55. The quantitative estimate of drug-likeness (QED) is 0.927. The SMILES string of the molecule is CCN(Cc1ccccn1)C(=O)C1(N)CCCC1.Cl.Cl. The zero-order chi connectivity index (χ0) is 13.0. The highest BCUT2D eigenvalue weighted by Crippen LogP contribution is 2.29. The van der Waals surface area contributed by atoms with E-state index in [2.05, 4.69) is 4.98 Å². The van der Waals surface area contributed by atoms with Gasteiger partial charge < -0.3 is 10.6 Å². The summed E-state index contributed by atoms with van der Waals surface area (Å²) in [7, 11) is 0. The van der Waals surface area contributed by atoms with Gasteiger partial charge >= 0.3 is 0 Å². The number of halogens is 2. The first-order valence-corrected chi connectivity index (χ1v) is 6.64. The van der Waals surface area contributed by atoms with Gasteiger partial charge in [-0.15, -0.1) is 24.8 Å². The number of nitrogens with two attached hydrogens (primary N) is 1. The molecule has 0 saturated heterocycles. The van der Waals surface area contributed by atoms with Crippen LogP contribution in [0.2, 0.25) is 0 Å². The maximum absolute atomic E-state index is 12.5. The molecule has 1 aromatic heterocycles. The molecule has 2 N–H and O–H groups in total. The van der Waals surface area contributed by atoms with Gasteiger partial charge in [-0.1, -0.05) is 18.9 Å². The summed E-state index contributed by atoms with van der Waals surface area (Å²) >= 11 is 0. The van der Waals surface area contributed by atoms with Crippen molar-refractivity contribution in [3.05, 3.63) is 30.1 Å². The third kappa shape index (κ3) is 4.33. The van der Waals surface area contributed by atoms with Crippen LogP contribution in [0, 0.1) is 0 Å². The molecule has 0 aliphatic heterocycles. The largest absolute Gasteiger partial charge is 0.335 e. The van der Waals surface area contributed by atoms with Crippen molar-refractivity contribution in [1.29, 1.82) is 0 Å². The summed E-state index contributed by atoms with van der Waals surface area (Å²) in [6.07, 6.45) is 5.49. The smallest absolute Gasteiger partial charge is 0.242 e. The van der Waals surface area contributed by atoms with E-state index in [0.29, 0.717) is 13.1 Å². The number of pyridine rings is 1. The topological polar surface area (TPSA) is 59.2 Å². The molecule has 1 aliphatic rings. The number of carbonyl (C=O) groups excluding carboxylic acids is 1. The first-order chi connectivity index (χ1) is 8.65. The van der Waals surface area contributed by atoms with Crippen LogP contribution in [0.15, 0.2) is 24.4 Å². The van der Waals surface area contributed by atoms with Crippen LogP contribution >= 0.6 is 24.8 Å². The number of hydrogen-bond acceptors (Lipinski definition) is 3. The van der Waals surface area contributed by atoms with E-state index in [1.165, 1.54) is 0 Å². The molecule has 1 amide bonds. The van der Waals surface area contributed by atoms with Crippen molar-refractivity contribution < 1.29 is 4.79 Å². The van der Waals surface area contributed by atoms with Gasteiger partial charge in [-0.2, -0.15) is 0 Å². The molecule has 1 aliphatic carbocycles. The molecule has 0 atom stereocenters. The molecule has 1 heterocycles. The lowest BCUT2D eigenvalue weighted by Gasteiger charge is -2.30. The molecule has 4 nitrogen and oxygen atoms in total. The fourth-order valence-electron chi connectivity index (χ4n) is 2.55. The molecule has 20 heavy (non-hydrogen) atoms. The van der Waals surface area contributed by atoms with E-state index in [4.69, 9.17) is 5.73 Å². The Hall–Kier alpha value is -0.840. The first-order valence-electron chi connectivity index (χ1n) is 6.64. The summed E-state index contributed by atoms with van der Waals surface area (Å²) < 4.78 is 0. The number of carbonyl (C=O) groups is 1. The Bertz CT molecular complexity index is 408. The van der Waals surface area contributed by atoms with E-state index in [9.17, 15) is 4.79 Å². The van der Waals surface area contributed by atoms with Gasteiger partial charge in [0, 0.05) is 12.7 Å². The van der Waals surface area contributed by atoms with Crippen LogP contribution in [0.25, 0.3) is 0 Å². The third-order valence-electron chi connectivity index (χ3n) is 3.67. The second-order valence-electron chi connectivity index (χ2n) is 5.00. The van der Waals surface area contributed by atoms with Gasteiger partial charge in [0.1, 0.15) is 0 Å². The van der Waals surface area contributed by atoms with Crippen LogP contribution in [-0.4, -0.2) is 27.9 Å². The summed E-state index contributed by atoms with van der Waals surface area (Å²) in [6, 6.07) is 5.76. The summed E-state index contributed by atoms with van der Waals surface area (Å²) in [6.45, 7) is 3.21. The molecular formula is C14H23Cl2N3O. The number of aromatic nitrogens is 1. The molecule has 1 aromatic rings. The van der Waals surface area contributed by atoms with Gasteiger partial charge in [0.15, 0.2) is 0 Å². The standard InChI is InChI=1S/C14H21N3O.2ClH/c1-2-17(11-12-7-3-6-10-16-12)13(18)14(15)8-4-5-9-14;;/h3,6-7,10H,2,4-5,8-9,11,15H2,1H3;2*1H. The number of hydrogen-bond donors (Lipinski definition) is 1. The van der Waals surface area contributed by atoms with Crippen molar-refractivity contribution in [3.63, 3.8) is 0 Å². The van der Waals surface area contributed by atoms with Gasteiger partial charge in [0.25, 0.3) is 0 Å². The minimum absolute atomic E-state index is 0. The number of nitrogens with zero attached hydrogens (tertiary/aromatic N) is 2. The Morgan fingerprint density at radius 3 is 2.50 bits per heavy atom. The van der Waals surface area contributed by atoms with Crippen LogP contribution in [0.3, 0.4) is 0 Å². The van der Waals surface area contributed by atoms with Crippen LogP contribution in [0.1, 0.15) is 38.3 Å². The van der Waals surface area contributed by atoms with E-state index in [1.807, 2.05) is 30.0 Å². The van der Waals surface area contributed by atoms with Gasteiger partial charge in [-0.25, -0.2) is 0 Å². The van der Waals surface area contributed by atoms with Crippen LogP contribution in [0.5, 0.6) is 0 Å². The normalized spacial score (nSPS) is 15.9. The highest BCUT2D eigenvalue weighted by Gasteiger charge is 2.39. The minimum Gasteiger partial charge on any atom is -0.335 e.